The lowest BCUT2D eigenvalue weighted by Crippen LogP contribution is -1.98. The van der Waals surface area contributed by atoms with E-state index in [1.54, 1.807) is 7.05 Å². The van der Waals surface area contributed by atoms with E-state index >= 15 is 0 Å². The first kappa shape index (κ1) is 7.59. The fourth-order valence-corrected chi connectivity index (χ4v) is 0.585. The van der Waals surface area contributed by atoms with Crippen LogP contribution in [-0.2, 0) is 4.74 Å². The number of hydrogen-bond donors (Lipinski definition) is 1. The molecule has 1 aromatic rings. The zero-order valence-corrected chi connectivity index (χ0v) is 6.25. The molecule has 0 aromatic carbocycles. The van der Waals surface area contributed by atoms with Crippen LogP contribution in [-0.4, -0.2) is 25.1 Å². The first-order chi connectivity index (χ1) is 5.27. The van der Waals surface area contributed by atoms with Crippen LogP contribution in [0, 0.1) is 0 Å². The Kier molecular flexibility index (Phi) is 2.10. The summed E-state index contributed by atoms with van der Waals surface area (Å²) in [5, 5.41) is 2.64. The quantitative estimate of drug-likeness (QED) is 0.632. The van der Waals surface area contributed by atoms with E-state index in [9.17, 15) is 4.79 Å². The molecule has 0 spiro atoms. The van der Waals surface area contributed by atoms with Gasteiger partial charge in [-0.05, 0) is 0 Å². The van der Waals surface area contributed by atoms with Crippen molar-refractivity contribution in [3.63, 3.8) is 0 Å². The van der Waals surface area contributed by atoms with E-state index in [1.165, 1.54) is 13.3 Å². The summed E-state index contributed by atoms with van der Waals surface area (Å²) >= 11 is 0. The van der Waals surface area contributed by atoms with Crippen LogP contribution in [0.2, 0.25) is 0 Å². The zero-order chi connectivity index (χ0) is 8.27. The molecule has 1 N–H and O–H groups in total. The van der Waals surface area contributed by atoms with Crippen LogP contribution in [0.3, 0.4) is 0 Å². The fourth-order valence-electron chi connectivity index (χ4n) is 0.585. The second-order valence-corrected chi connectivity index (χ2v) is 1.77. The van der Waals surface area contributed by atoms with Crippen LogP contribution in [0.5, 0.6) is 0 Å². The highest BCUT2D eigenvalue weighted by Crippen LogP contribution is 2.07. The van der Waals surface area contributed by atoms with Crippen LogP contribution in [0.15, 0.2) is 10.6 Å². The first-order valence-corrected chi connectivity index (χ1v) is 3.00. The van der Waals surface area contributed by atoms with Gasteiger partial charge in [0.15, 0.2) is 0 Å². The minimum atomic E-state index is -0.529. The molecule has 5 heteroatoms. The number of aromatic nitrogens is 1. The topological polar surface area (TPSA) is 64.4 Å². The van der Waals surface area contributed by atoms with Crippen LogP contribution in [0.4, 0.5) is 6.01 Å². The van der Waals surface area contributed by atoms with Gasteiger partial charge < -0.3 is 14.5 Å². The molecule has 0 unspecified atom stereocenters. The number of carbonyl (C=O) groups excluding carboxylic acids is 1. The lowest BCUT2D eigenvalue weighted by molar-refractivity contribution is 0.0566. The molecule has 0 radical (unpaired) electrons. The van der Waals surface area contributed by atoms with Gasteiger partial charge in [0.05, 0.1) is 13.3 Å². The largest absolute Gasteiger partial charge is 0.463 e. The minimum Gasteiger partial charge on any atom is -0.463 e. The number of carbonyl (C=O) groups is 1. The zero-order valence-electron chi connectivity index (χ0n) is 6.25. The Balaban J connectivity index is 2.80. The van der Waals surface area contributed by atoms with E-state index in [2.05, 4.69) is 15.0 Å². The third kappa shape index (κ3) is 1.49. The minimum absolute atomic E-state index is 0.0943. The molecule has 0 saturated heterocycles. The smallest absolute Gasteiger partial charge is 0.375 e. The van der Waals surface area contributed by atoms with Crippen molar-refractivity contribution < 1.29 is 13.9 Å². The van der Waals surface area contributed by atoms with Gasteiger partial charge in [0.1, 0.15) is 0 Å². The Morgan fingerprint density at radius 3 is 3.00 bits per heavy atom. The molecule has 60 valence electrons. The molecule has 0 atom stereocenters. The van der Waals surface area contributed by atoms with Gasteiger partial charge in [0, 0.05) is 7.05 Å². The van der Waals surface area contributed by atoms with Crippen LogP contribution in [0.25, 0.3) is 0 Å². The molecule has 1 rings (SSSR count). The molecule has 0 saturated carbocycles. The second-order valence-electron chi connectivity index (χ2n) is 1.77. The molecule has 1 aromatic heterocycles. The molecule has 0 aliphatic rings. The molecule has 5 nitrogen and oxygen atoms in total. The van der Waals surface area contributed by atoms with E-state index in [-0.39, 0.29) is 5.76 Å². The number of rotatable bonds is 2. The van der Waals surface area contributed by atoms with Crippen molar-refractivity contribution in [1.29, 1.82) is 0 Å². The number of hydrogen-bond acceptors (Lipinski definition) is 5. The number of esters is 1. The predicted octanol–water partition coefficient (Wildman–Crippen LogP) is 0.503. The standard InChI is InChI=1S/C6H8N2O3/c1-7-6-8-3-4(11-6)5(9)10-2/h3H,1-2H3,(H,7,8). The van der Waals surface area contributed by atoms with Crippen molar-refractivity contribution in [3.05, 3.63) is 12.0 Å². The molecular formula is C6H8N2O3. The number of nitrogens with zero attached hydrogens (tertiary/aromatic N) is 1. The maximum absolute atomic E-state index is 10.8. The summed E-state index contributed by atoms with van der Waals surface area (Å²) in [4.78, 5) is 14.5. The van der Waals surface area contributed by atoms with Crippen molar-refractivity contribution in [2.24, 2.45) is 0 Å². The third-order valence-electron chi connectivity index (χ3n) is 1.11. The van der Waals surface area contributed by atoms with Crippen molar-refractivity contribution in [1.82, 2.24) is 4.98 Å². The van der Waals surface area contributed by atoms with Crippen LogP contribution < -0.4 is 5.32 Å². The van der Waals surface area contributed by atoms with Gasteiger partial charge in [-0.15, -0.1) is 0 Å². The molecule has 0 aliphatic carbocycles. The number of anilines is 1. The first-order valence-electron chi connectivity index (χ1n) is 3.00. The van der Waals surface area contributed by atoms with Crippen LogP contribution in [0.1, 0.15) is 10.6 Å². The summed E-state index contributed by atoms with van der Waals surface area (Å²) in [5.41, 5.74) is 0. The number of methoxy groups -OCH3 is 1. The Morgan fingerprint density at radius 1 is 1.82 bits per heavy atom. The Morgan fingerprint density at radius 2 is 2.55 bits per heavy atom. The van der Waals surface area contributed by atoms with E-state index < -0.39 is 5.97 Å². The molecule has 0 aliphatic heterocycles. The fraction of sp³-hybridized carbons (Fsp3) is 0.333. The Hall–Kier alpha value is -1.52. The highest BCUT2D eigenvalue weighted by Gasteiger charge is 2.10. The molecular weight excluding hydrogens is 148 g/mol. The maximum atomic E-state index is 10.8. The third-order valence-corrected chi connectivity index (χ3v) is 1.11. The molecule has 0 amide bonds. The maximum Gasteiger partial charge on any atom is 0.375 e. The lowest BCUT2D eigenvalue weighted by atomic mass is 10.5. The SMILES string of the molecule is CNc1ncc(C(=O)OC)o1. The van der Waals surface area contributed by atoms with Crippen molar-refractivity contribution in [3.8, 4) is 0 Å². The summed E-state index contributed by atoms with van der Waals surface area (Å²) in [6, 6.07) is 0.297. The molecule has 0 bridgehead atoms. The van der Waals surface area contributed by atoms with Gasteiger partial charge in [0.25, 0.3) is 6.01 Å². The summed E-state index contributed by atoms with van der Waals surface area (Å²) < 4.78 is 9.28. The van der Waals surface area contributed by atoms with E-state index in [1.807, 2.05) is 0 Å². The number of nitrogens with one attached hydrogen (secondary N) is 1. The van der Waals surface area contributed by atoms with Crippen LogP contribution >= 0.6 is 0 Å². The van der Waals surface area contributed by atoms with E-state index in [0.29, 0.717) is 6.01 Å². The average molecular weight is 156 g/mol. The Bertz CT molecular complexity index is 256. The Labute approximate surface area is 63.4 Å². The molecule has 1 heterocycles. The summed E-state index contributed by atoms with van der Waals surface area (Å²) in [6.07, 6.45) is 1.30. The van der Waals surface area contributed by atoms with Gasteiger partial charge in [-0.2, -0.15) is 0 Å². The van der Waals surface area contributed by atoms with Gasteiger partial charge in [-0.1, -0.05) is 0 Å². The second kappa shape index (κ2) is 3.05. The molecule has 11 heavy (non-hydrogen) atoms. The van der Waals surface area contributed by atoms with Gasteiger partial charge in [0.2, 0.25) is 5.76 Å². The average Bonchev–Trinajstić information content (AvgIpc) is 2.50. The van der Waals surface area contributed by atoms with Gasteiger partial charge in [-0.3, -0.25) is 0 Å². The van der Waals surface area contributed by atoms with E-state index in [4.69, 9.17) is 4.42 Å². The van der Waals surface area contributed by atoms with Crippen molar-refractivity contribution in [2.75, 3.05) is 19.5 Å². The van der Waals surface area contributed by atoms with Crippen molar-refractivity contribution in [2.45, 2.75) is 0 Å². The summed E-state index contributed by atoms with van der Waals surface area (Å²) in [7, 11) is 2.93. The number of ether oxygens (including phenoxy) is 1. The molecule has 0 fully saturated rings. The highest BCUT2D eigenvalue weighted by molar-refractivity contribution is 5.86. The predicted molar refractivity (Wildman–Crippen MR) is 37.4 cm³/mol. The lowest BCUT2D eigenvalue weighted by Gasteiger charge is -1.91. The monoisotopic (exact) mass is 156 g/mol. The van der Waals surface area contributed by atoms with Crippen molar-refractivity contribution >= 4 is 12.0 Å². The van der Waals surface area contributed by atoms with E-state index in [0.717, 1.165) is 0 Å². The number of oxazole rings is 1. The van der Waals surface area contributed by atoms with Gasteiger partial charge >= 0.3 is 5.97 Å². The highest BCUT2D eigenvalue weighted by atomic mass is 16.5. The summed E-state index contributed by atoms with van der Waals surface area (Å²) in [6.45, 7) is 0. The summed E-state index contributed by atoms with van der Waals surface area (Å²) in [5.74, 6) is -0.434. The normalized spacial score (nSPS) is 9.27. The van der Waals surface area contributed by atoms with Gasteiger partial charge in [-0.25, -0.2) is 9.78 Å².